The highest BCUT2D eigenvalue weighted by Crippen LogP contribution is 2.70. The molecule has 34 heavy (non-hydrogen) atoms. The first kappa shape index (κ1) is 21.4. The van der Waals surface area contributed by atoms with E-state index in [1.165, 1.54) is 18.2 Å². The van der Waals surface area contributed by atoms with Crippen LogP contribution in [0.3, 0.4) is 0 Å². The van der Waals surface area contributed by atoms with E-state index in [0.29, 0.717) is 11.6 Å². The van der Waals surface area contributed by atoms with Gasteiger partial charge in [-0.2, -0.15) is 10.2 Å². The van der Waals surface area contributed by atoms with E-state index < -0.39 is 11.6 Å². The first-order valence-corrected chi connectivity index (χ1v) is 12.1. The maximum absolute atomic E-state index is 14.5. The van der Waals surface area contributed by atoms with Crippen LogP contribution in [0.25, 0.3) is 11.3 Å². The molecule has 3 heterocycles. The standard InChI is InChI=1S/C27H28F2N4O/c1-26(2)18-10-11-27(26,16-6-5-13-33(15-16)22-9-4-12-30-25(22)34)24-17(18)14-21(31-32-24)23-19(28)7-3-8-20(23)29/h3-4,7-9,12,14,16,18H,5-6,10-11,13,15H2,1-2H3,(H,30,34)/t16-,18-,27-/m0/s1. The Hall–Kier alpha value is -3.09. The van der Waals surface area contributed by atoms with E-state index in [1.54, 1.807) is 6.20 Å². The van der Waals surface area contributed by atoms with E-state index in [1.807, 2.05) is 18.2 Å². The predicted octanol–water partition coefficient (Wildman–Crippen LogP) is 5.18. The van der Waals surface area contributed by atoms with Crippen molar-refractivity contribution in [1.29, 1.82) is 0 Å². The largest absolute Gasteiger partial charge is 0.367 e. The molecule has 0 spiro atoms. The Bertz CT molecular complexity index is 1320. The number of nitrogens with one attached hydrogen (secondary N) is 1. The molecule has 2 aromatic heterocycles. The summed E-state index contributed by atoms with van der Waals surface area (Å²) in [7, 11) is 0. The van der Waals surface area contributed by atoms with Gasteiger partial charge in [0.05, 0.1) is 17.0 Å². The van der Waals surface area contributed by atoms with Crippen molar-refractivity contribution >= 4 is 5.69 Å². The molecule has 3 aromatic rings. The summed E-state index contributed by atoms with van der Waals surface area (Å²) in [6.07, 6.45) is 5.76. The van der Waals surface area contributed by atoms with E-state index in [4.69, 9.17) is 0 Å². The van der Waals surface area contributed by atoms with E-state index in [-0.39, 0.29) is 33.6 Å². The molecule has 5 nitrogen and oxygen atoms in total. The van der Waals surface area contributed by atoms with Crippen LogP contribution >= 0.6 is 0 Å². The van der Waals surface area contributed by atoms with Gasteiger partial charge in [-0.05, 0) is 78.8 Å². The number of anilines is 1. The Morgan fingerprint density at radius 1 is 1.09 bits per heavy atom. The molecular weight excluding hydrogens is 434 g/mol. The summed E-state index contributed by atoms with van der Waals surface area (Å²) >= 11 is 0. The molecule has 1 N–H and O–H groups in total. The third kappa shape index (κ3) is 2.79. The van der Waals surface area contributed by atoms with Gasteiger partial charge in [-0.3, -0.25) is 4.79 Å². The fourth-order valence-corrected chi connectivity index (χ4v) is 7.40. The lowest BCUT2D eigenvalue weighted by Gasteiger charge is -2.48. The van der Waals surface area contributed by atoms with Crippen LogP contribution in [-0.2, 0) is 5.41 Å². The number of nitrogens with zero attached hydrogens (tertiary/aromatic N) is 3. The van der Waals surface area contributed by atoms with Gasteiger partial charge in [0.25, 0.3) is 5.56 Å². The van der Waals surface area contributed by atoms with Crippen LogP contribution in [0.1, 0.15) is 56.7 Å². The van der Waals surface area contributed by atoms with Gasteiger partial charge in [0.2, 0.25) is 0 Å². The van der Waals surface area contributed by atoms with Crippen LogP contribution in [0.2, 0.25) is 0 Å². The number of pyridine rings is 1. The molecule has 1 aliphatic heterocycles. The molecule has 2 fully saturated rings. The van der Waals surface area contributed by atoms with Crippen LogP contribution in [0.5, 0.6) is 0 Å². The summed E-state index contributed by atoms with van der Waals surface area (Å²) in [6.45, 7) is 6.26. The van der Waals surface area contributed by atoms with Gasteiger partial charge in [-0.25, -0.2) is 8.78 Å². The number of hydrogen-bond acceptors (Lipinski definition) is 4. The minimum atomic E-state index is -0.623. The van der Waals surface area contributed by atoms with Gasteiger partial charge in [-0.1, -0.05) is 19.9 Å². The number of rotatable bonds is 3. The Kier molecular flexibility index (Phi) is 4.70. The molecule has 0 unspecified atom stereocenters. The monoisotopic (exact) mass is 462 g/mol. The van der Waals surface area contributed by atoms with Crippen molar-refractivity contribution in [2.24, 2.45) is 11.3 Å². The Morgan fingerprint density at radius 2 is 1.88 bits per heavy atom. The van der Waals surface area contributed by atoms with Crippen molar-refractivity contribution in [3.05, 3.63) is 75.8 Å². The molecule has 0 amide bonds. The van der Waals surface area contributed by atoms with E-state index in [0.717, 1.165) is 50.0 Å². The summed E-state index contributed by atoms with van der Waals surface area (Å²) in [6, 6.07) is 9.51. The predicted molar refractivity (Wildman–Crippen MR) is 127 cm³/mol. The van der Waals surface area contributed by atoms with Gasteiger partial charge in [0.1, 0.15) is 17.3 Å². The highest BCUT2D eigenvalue weighted by Gasteiger charge is 2.66. The third-order valence-corrected chi connectivity index (χ3v) is 8.94. The van der Waals surface area contributed by atoms with E-state index >= 15 is 0 Å². The van der Waals surface area contributed by atoms with Crippen LogP contribution in [0.4, 0.5) is 14.5 Å². The highest BCUT2D eigenvalue weighted by molar-refractivity contribution is 5.63. The van der Waals surface area contributed by atoms with Crippen molar-refractivity contribution in [2.45, 2.75) is 50.9 Å². The number of halogens is 2. The zero-order chi connectivity index (χ0) is 23.7. The molecule has 2 bridgehead atoms. The Balaban J connectivity index is 1.43. The van der Waals surface area contributed by atoms with Crippen LogP contribution < -0.4 is 10.5 Å². The molecule has 176 valence electrons. The van der Waals surface area contributed by atoms with Gasteiger partial charge in [0, 0.05) is 24.7 Å². The second kappa shape index (κ2) is 7.45. The van der Waals surface area contributed by atoms with Crippen LogP contribution in [-0.4, -0.2) is 28.3 Å². The smallest absolute Gasteiger partial charge is 0.271 e. The number of benzene rings is 1. The molecule has 3 atom stereocenters. The molecule has 1 saturated carbocycles. The second-order valence-corrected chi connectivity index (χ2v) is 10.6. The molecule has 7 heteroatoms. The first-order valence-electron chi connectivity index (χ1n) is 12.1. The van der Waals surface area contributed by atoms with Crippen LogP contribution in [0, 0.1) is 23.0 Å². The minimum Gasteiger partial charge on any atom is -0.367 e. The Morgan fingerprint density at radius 3 is 2.65 bits per heavy atom. The van der Waals surface area contributed by atoms with Crippen molar-refractivity contribution in [3.63, 3.8) is 0 Å². The molecule has 3 aliphatic rings. The van der Waals surface area contributed by atoms with Gasteiger partial charge >= 0.3 is 0 Å². The average Bonchev–Trinajstić information content (AvgIpc) is 3.20. The number of aromatic nitrogens is 3. The topological polar surface area (TPSA) is 61.9 Å². The van der Waals surface area contributed by atoms with Crippen molar-refractivity contribution in [3.8, 4) is 11.3 Å². The number of aromatic amines is 1. The van der Waals surface area contributed by atoms with Crippen molar-refractivity contribution in [2.75, 3.05) is 18.0 Å². The van der Waals surface area contributed by atoms with E-state index in [2.05, 4.69) is 33.9 Å². The van der Waals surface area contributed by atoms with Crippen LogP contribution in [0.15, 0.2) is 47.4 Å². The SMILES string of the molecule is CC1(C)[C@H]2CC[C@]1([C@H]1CCCN(c3ccc[nH]c3=O)C1)c1nnc(-c3c(F)cccc3F)cc12. The summed E-state index contributed by atoms with van der Waals surface area (Å²) in [4.78, 5) is 17.5. The lowest BCUT2D eigenvalue weighted by Crippen LogP contribution is -2.51. The molecular formula is C27H28F2N4O. The lowest BCUT2D eigenvalue weighted by atomic mass is 9.59. The third-order valence-electron chi connectivity index (χ3n) is 8.94. The zero-order valence-electron chi connectivity index (χ0n) is 19.4. The summed E-state index contributed by atoms with van der Waals surface area (Å²) in [5, 5.41) is 9.05. The van der Waals surface area contributed by atoms with Gasteiger partial charge in [0.15, 0.2) is 0 Å². The summed E-state index contributed by atoms with van der Waals surface area (Å²) in [5.41, 5.74) is 2.63. The maximum atomic E-state index is 14.5. The highest BCUT2D eigenvalue weighted by atomic mass is 19.1. The fraction of sp³-hybridized carbons (Fsp3) is 0.444. The fourth-order valence-electron chi connectivity index (χ4n) is 7.40. The number of fused-ring (bicyclic) bond motifs is 5. The summed E-state index contributed by atoms with van der Waals surface area (Å²) < 4.78 is 29.0. The van der Waals surface area contributed by atoms with Gasteiger partial charge in [-0.15, -0.1) is 0 Å². The van der Waals surface area contributed by atoms with Gasteiger partial charge < -0.3 is 9.88 Å². The average molecular weight is 463 g/mol. The number of piperidine rings is 1. The maximum Gasteiger partial charge on any atom is 0.271 e. The van der Waals surface area contributed by atoms with Crippen molar-refractivity contribution in [1.82, 2.24) is 15.2 Å². The molecule has 1 saturated heterocycles. The second-order valence-electron chi connectivity index (χ2n) is 10.6. The normalized spacial score (nSPS) is 27.1. The van der Waals surface area contributed by atoms with Crippen molar-refractivity contribution < 1.29 is 8.78 Å². The molecule has 6 rings (SSSR count). The molecule has 1 aromatic carbocycles. The molecule has 0 radical (unpaired) electrons. The molecule has 2 aliphatic carbocycles. The minimum absolute atomic E-state index is 0.0623. The first-order chi connectivity index (χ1) is 16.3. The van der Waals surface area contributed by atoms with E-state index in [9.17, 15) is 13.6 Å². The Labute approximate surface area is 197 Å². The quantitative estimate of drug-likeness (QED) is 0.583. The summed E-state index contributed by atoms with van der Waals surface area (Å²) in [5.74, 6) is -0.667. The number of hydrogen-bond donors (Lipinski definition) is 1. The zero-order valence-corrected chi connectivity index (χ0v) is 19.4. The number of H-pyrrole nitrogens is 1. The lowest BCUT2D eigenvalue weighted by molar-refractivity contribution is 0.112.